The van der Waals surface area contributed by atoms with Crippen LogP contribution in [0.4, 0.5) is 0 Å². The molecule has 5 nitrogen and oxygen atoms in total. The molecule has 0 aromatic rings. The van der Waals surface area contributed by atoms with Gasteiger partial charge in [0, 0.05) is 6.42 Å². The first-order valence-electron chi connectivity index (χ1n) is 5.80. The monoisotopic (exact) mass is 234 g/mol. The molecule has 1 fully saturated rings. The van der Waals surface area contributed by atoms with Crippen molar-refractivity contribution in [3.63, 3.8) is 0 Å². The van der Waals surface area contributed by atoms with Gasteiger partial charge in [-0.15, -0.1) is 0 Å². The Balaban J connectivity index is 2.31. The van der Waals surface area contributed by atoms with Crippen LogP contribution in [0.2, 0.25) is 0 Å². The minimum absolute atomic E-state index is 0.342. The molecule has 1 rings (SSSR count). The van der Waals surface area contributed by atoms with Crippen LogP contribution in [0.3, 0.4) is 0 Å². The van der Waals surface area contributed by atoms with E-state index in [0.29, 0.717) is 32.5 Å². The summed E-state index contributed by atoms with van der Waals surface area (Å²) in [6.07, 6.45) is -1.67. The Kier molecular flexibility index (Phi) is 5.14. The Morgan fingerprint density at radius 2 is 1.69 bits per heavy atom. The van der Waals surface area contributed by atoms with Crippen LogP contribution >= 0.6 is 0 Å². The molecule has 1 aliphatic heterocycles. The fourth-order valence-electron chi connectivity index (χ4n) is 1.78. The van der Waals surface area contributed by atoms with Crippen molar-refractivity contribution >= 4 is 0 Å². The molecule has 3 N–H and O–H groups in total. The van der Waals surface area contributed by atoms with Gasteiger partial charge in [0.2, 0.25) is 0 Å². The van der Waals surface area contributed by atoms with Gasteiger partial charge in [-0.05, 0) is 19.8 Å². The van der Waals surface area contributed by atoms with E-state index in [1.165, 1.54) is 0 Å². The third-order valence-corrected chi connectivity index (χ3v) is 3.00. The summed E-state index contributed by atoms with van der Waals surface area (Å²) in [5.41, 5.74) is 0. The van der Waals surface area contributed by atoms with E-state index in [2.05, 4.69) is 0 Å². The second-order valence-corrected chi connectivity index (χ2v) is 4.40. The van der Waals surface area contributed by atoms with E-state index >= 15 is 0 Å². The molecule has 0 radical (unpaired) electrons. The third-order valence-electron chi connectivity index (χ3n) is 3.00. The van der Waals surface area contributed by atoms with E-state index in [0.717, 1.165) is 0 Å². The van der Waals surface area contributed by atoms with Crippen molar-refractivity contribution in [2.75, 3.05) is 13.2 Å². The molecule has 1 aliphatic rings. The first kappa shape index (κ1) is 13.9. The average molecular weight is 234 g/mol. The highest BCUT2D eigenvalue weighted by molar-refractivity contribution is 4.77. The smallest absolute Gasteiger partial charge is 0.165 e. The number of aliphatic hydroxyl groups is 3. The largest absolute Gasteiger partial charge is 0.390 e. The summed E-state index contributed by atoms with van der Waals surface area (Å²) in [5.74, 6) is -0.655. The molecule has 0 amide bonds. The lowest BCUT2D eigenvalue weighted by Crippen LogP contribution is -2.38. The highest BCUT2D eigenvalue weighted by Crippen LogP contribution is 2.25. The molecule has 0 saturated carbocycles. The van der Waals surface area contributed by atoms with Crippen LogP contribution in [-0.4, -0.2) is 52.6 Å². The van der Waals surface area contributed by atoms with Gasteiger partial charge in [0.15, 0.2) is 5.79 Å². The first-order chi connectivity index (χ1) is 7.48. The molecular weight excluding hydrogens is 212 g/mol. The highest BCUT2D eigenvalue weighted by Gasteiger charge is 2.33. The standard InChI is InChI=1S/C11H22O5/c1-3-8(12)10(14)9(13)4-5-11(2)15-6-7-16-11/h8-10,12-14H,3-7H2,1-2H3/t8-,9?,10+/m1/s1. The first-order valence-corrected chi connectivity index (χ1v) is 5.80. The Morgan fingerprint density at radius 3 is 2.19 bits per heavy atom. The fourth-order valence-corrected chi connectivity index (χ4v) is 1.78. The highest BCUT2D eigenvalue weighted by atomic mass is 16.7. The lowest BCUT2D eigenvalue weighted by atomic mass is 9.99. The number of hydrogen-bond donors (Lipinski definition) is 3. The van der Waals surface area contributed by atoms with E-state index in [-0.39, 0.29) is 0 Å². The summed E-state index contributed by atoms with van der Waals surface area (Å²) in [4.78, 5) is 0. The molecule has 1 saturated heterocycles. The zero-order valence-corrected chi connectivity index (χ0v) is 9.93. The van der Waals surface area contributed by atoms with Crippen molar-refractivity contribution in [3.05, 3.63) is 0 Å². The number of ether oxygens (including phenoxy) is 2. The van der Waals surface area contributed by atoms with E-state index in [4.69, 9.17) is 9.47 Å². The predicted molar refractivity (Wildman–Crippen MR) is 57.9 cm³/mol. The van der Waals surface area contributed by atoms with Gasteiger partial charge >= 0.3 is 0 Å². The molecule has 0 bridgehead atoms. The Hall–Kier alpha value is -0.200. The molecule has 0 aliphatic carbocycles. The van der Waals surface area contributed by atoms with Crippen LogP contribution in [0.1, 0.15) is 33.1 Å². The zero-order valence-electron chi connectivity index (χ0n) is 9.93. The van der Waals surface area contributed by atoms with Gasteiger partial charge in [-0.3, -0.25) is 0 Å². The quantitative estimate of drug-likeness (QED) is 0.604. The van der Waals surface area contributed by atoms with Crippen LogP contribution in [-0.2, 0) is 9.47 Å². The Bertz CT molecular complexity index is 203. The van der Waals surface area contributed by atoms with E-state index < -0.39 is 24.1 Å². The van der Waals surface area contributed by atoms with E-state index in [1.54, 1.807) is 6.92 Å². The summed E-state index contributed by atoms with van der Waals surface area (Å²) in [7, 11) is 0. The maximum Gasteiger partial charge on any atom is 0.165 e. The molecule has 1 unspecified atom stereocenters. The molecular formula is C11H22O5. The molecule has 0 aromatic heterocycles. The Morgan fingerprint density at radius 1 is 1.12 bits per heavy atom. The maximum atomic E-state index is 9.67. The van der Waals surface area contributed by atoms with Gasteiger partial charge in [-0.2, -0.15) is 0 Å². The summed E-state index contributed by atoms with van der Waals surface area (Å²) >= 11 is 0. The molecule has 16 heavy (non-hydrogen) atoms. The van der Waals surface area contributed by atoms with Gasteiger partial charge < -0.3 is 24.8 Å². The van der Waals surface area contributed by atoms with Crippen molar-refractivity contribution in [1.82, 2.24) is 0 Å². The van der Waals surface area contributed by atoms with Crippen molar-refractivity contribution in [2.24, 2.45) is 0 Å². The predicted octanol–water partition coefficient (Wildman–Crippen LogP) is 0.0223. The van der Waals surface area contributed by atoms with Crippen LogP contribution in [0.5, 0.6) is 0 Å². The van der Waals surface area contributed by atoms with Gasteiger partial charge in [-0.1, -0.05) is 6.92 Å². The molecule has 96 valence electrons. The number of hydrogen-bond acceptors (Lipinski definition) is 5. The topological polar surface area (TPSA) is 79.2 Å². The van der Waals surface area contributed by atoms with Gasteiger partial charge in [0.25, 0.3) is 0 Å². The maximum absolute atomic E-state index is 9.67. The minimum atomic E-state index is -1.10. The van der Waals surface area contributed by atoms with Crippen LogP contribution in [0.25, 0.3) is 0 Å². The summed E-state index contributed by atoms with van der Waals surface area (Å²) in [6.45, 7) is 4.69. The van der Waals surface area contributed by atoms with Crippen molar-refractivity contribution in [3.8, 4) is 0 Å². The number of aliphatic hydroxyl groups excluding tert-OH is 3. The SMILES string of the molecule is CC[C@@H](O)[C@H](O)C(O)CCC1(C)OCCO1. The van der Waals surface area contributed by atoms with E-state index in [1.807, 2.05) is 6.92 Å². The van der Waals surface area contributed by atoms with E-state index in [9.17, 15) is 15.3 Å². The summed E-state index contributed by atoms with van der Waals surface area (Å²) in [6, 6.07) is 0. The molecule has 0 spiro atoms. The lowest BCUT2D eigenvalue weighted by Gasteiger charge is -2.26. The number of rotatable bonds is 6. The molecule has 5 heteroatoms. The van der Waals surface area contributed by atoms with Gasteiger partial charge in [0.1, 0.15) is 6.10 Å². The molecule has 1 heterocycles. The van der Waals surface area contributed by atoms with Crippen molar-refractivity contribution < 1.29 is 24.8 Å². The summed E-state index contributed by atoms with van der Waals surface area (Å²) in [5, 5.41) is 28.6. The third kappa shape index (κ3) is 3.68. The second-order valence-electron chi connectivity index (χ2n) is 4.40. The van der Waals surface area contributed by atoms with Crippen molar-refractivity contribution in [1.29, 1.82) is 0 Å². The minimum Gasteiger partial charge on any atom is -0.390 e. The normalized spacial score (nSPS) is 25.3. The summed E-state index contributed by atoms with van der Waals surface area (Å²) < 4.78 is 10.8. The van der Waals surface area contributed by atoms with Crippen LogP contribution in [0.15, 0.2) is 0 Å². The van der Waals surface area contributed by atoms with Gasteiger partial charge in [-0.25, -0.2) is 0 Å². The van der Waals surface area contributed by atoms with Gasteiger partial charge in [0.05, 0.1) is 25.4 Å². The lowest BCUT2D eigenvalue weighted by molar-refractivity contribution is -0.156. The van der Waals surface area contributed by atoms with Crippen molar-refractivity contribution in [2.45, 2.75) is 57.2 Å². The van der Waals surface area contributed by atoms with Crippen LogP contribution < -0.4 is 0 Å². The zero-order chi connectivity index (χ0) is 12.2. The fraction of sp³-hybridized carbons (Fsp3) is 1.00. The molecule has 3 atom stereocenters. The van der Waals surface area contributed by atoms with Crippen LogP contribution in [0, 0.1) is 0 Å². The average Bonchev–Trinajstić information content (AvgIpc) is 2.71. The molecule has 0 aromatic carbocycles. The Labute approximate surface area is 96.0 Å². The second kappa shape index (κ2) is 5.93.